The molecule has 0 unspecified atom stereocenters. The lowest BCUT2D eigenvalue weighted by atomic mass is 10.1. The van der Waals surface area contributed by atoms with Crippen LogP contribution in [-0.4, -0.2) is 18.9 Å². The summed E-state index contributed by atoms with van der Waals surface area (Å²) in [5.41, 5.74) is 7.59. The number of benzene rings is 1. The van der Waals surface area contributed by atoms with E-state index in [1.807, 2.05) is 24.3 Å². The quantitative estimate of drug-likeness (QED) is 0.416. The highest BCUT2D eigenvalue weighted by molar-refractivity contribution is 5.94. The van der Waals surface area contributed by atoms with Crippen molar-refractivity contribution in [2.24, 2.45) is 0 Å². The molecule has 1 aromatic rings. The minimum absolute atomic E-state index is 0. The molecule has 14 heavy (non-hydrogen) atoms. The third-order valence-electron chi connectivity index (χ3n) is 2.16. The van der Waals surface area contributed by atoms with Crippen LogP contribution in [0.1, 0.15) is 12.0 Å². The molecule has 0 aromatic heterocycles. The normalized spacial score (nSPS) is 15.0. The van der Waals surface area contributed by atoms with E-state index in [1.54, 1.807) is 0 Å². The number of hydrogen-bond donors (Lipinski definition) is 3. The fourth-order valence-electron chi connectivity index (χ4n) is 1.43. The topological polar surface area (TPSA) is 52.0 Å². The van der Waals surface area contributed by atoms with E-state index in [1.165, 1.54) is 12.0 Å². The Morgan fingerprint density at radius 3 is 2.50 bits per heavy atom. The third kappa shape index (κ3) is 2.39. The van der Waals surface area contributed by atoms with Crippen LogP contribution in [0.25, 0.3) is 0 Å². The molecule has 1 aromatic carbocycles. The second-order valence-corrected chi connectivity index (χ2v) is 3.20. The van der Waals surface area contributed by atoms with Gasteiger partial charge in [-0.25, -0.2) is 0 Å². The van der Waals surface area contributed by atoms with Crippen LogP contribution in [0.4, 0.5) is 5.69 Å². The summed E-state index contributed by atoms with van der Waals surface area (Å²) >= 11 is 0. The van der Waals surface area contributed by atoms with E-state index in [4.69, 9.17) is 5.73 Å². The van der Waals surface area contributed by atoms with Crippen molar-refractivity contribution in [3.8, 4) is 0 Å². The van der Waals surface area contributed by atoms with Gasteiger partial charge in [0.15, 0.2) is 0 Å². The maximum absolute atomic E-state index is 5.61. The van der Waals surface area contributed by atoms with Crippen molar-refractivity contribution in [1.82, 2.24) is 5.32 Å². The van der Waals surface area contributed by atoms with Crippen LogP contribution in [-0.2, 0) is 0 Å². The monoisotopic (exact) mass is 211 g/mol. The van der Waals surface area contributed by atoms with E-state index in [-0.39, 0.29) is 12.4 Å². The maximum Gasteiger partial charge on any atom is 0.274 e. The van der Waals surface area contributed by atoms with Gasteiger partial charge in [-0.2, -0.15) is 0 Å². The summed E-state index contributed by atoms with van der Waals surface area (Å²) in [4.78, 5) is 3.32. The molecule has 76 valence electrons. The van der Waals surface area contributed by atoms with Gasteiger partial charge in [-0.05, 0) is 24.3 Å². The number of hydrogen-bond acceptors (Lipinski definition) is 2. The second kappa shape index (κ2) is 4.86. The zero-order valence-electron chi connectivity index (χ0n) is 7.89. The minimum atomic E-state index is 0. The Morgan fingerprint density at radius 2 is 1.93 bits per heavy atom. The van der Waals surface area contributed by atoms with Crippen LogP contribution >= 0.6 is 0 Å². The molecule has 0 amide bonds. The summed E-state index contributed by atoms with van der Waals surface area (Å²) in [6, 6.07) is 7.88. The average Bonchev–Trinajstić information content (AvgIpc) is 2.20. The van der Waals surface area contributed by atoms with E-state index >= 15 is 0 Å². The van der Waals surface area contributed by atoms with Gasteiger partial charge in [0.2, 0.25) is 0 Å². The lowest BCUT2D eigenvalue weighted by Gasteiger charge is -2.07. The minimum Gasteiger partial charge on any atom is -1.00 e. The fourth-order valence-corrected chi connectivity index (χ4v) is 1.43. The van der Waals surface area contributed by atoms with Gasteiger partial charge in [0.05, 0.1) is 18.7 Å². The van der Waals surface area contributed by atoms with E-state index < -0.39 is 0 Å². The Balaban J connectivity index is 0.000000980. The summed E-state index contributed by atoms with van der Waals surface area (Å²) in [7, 11) is 0. The number of nitrogen functional groups attached to an aromatic ring is 1. The molecule has 0 fully saturated rings. The summed E-state index contributed by atoms with van der Waals surface area (Å²) in [6.07, 6.45) is 1.18. The van der Waals surface area contributed by atoms with Crippen molar-refractivity contribution in [1.29, 1.82) is 0 Å². The predicted molar refractivity (Wildman–Crippen MR) is 53.4 cm³/mol. The first-order valence-electron chi connectivity index (χ1n) is 4.57. The molecule has 3 nitrogen and oxygen atoms in total. The number of amidine groups is 1. The van der Waals surface area contributed by atoms with Crippen molar-refractivity contribution in [2.45, 2.75) is 6.42 Å². The van der Waals surface area contributed by atoms with Crippen LogP contribution in [0.3, 0.4) is 0 Å². The molecule has 4 N–H and O–H groups in total. The van der Waals surface area contributed by atoms with Gasteiger partial charge >= 0.3 is 0 Å². The highest BCUT2D eigenvalue weighted by Gasteiger charge is 2.12. The van der Waals surface area contributed by atoms with Crippen LogP contribution < -0.4 is 28.4 Å². The molecule has 0 saturated heterocycles. The number of nitrogens with two attached hydrogens (primary N) is 1. The standard InChI is InChI=1S/C10H13N3.ClH/c11-9-4-2-8(3-5-9)10-12-6-1-7-13-10;/h2-5H,1,6-7,11H2,(H,12,13);1H. The average molecular weight is 212 g/mol. The molecule has 4 heteroatoms. The van der Waals surface area contributed by atoms with Gasteiger partial charge in [0.1, 0.15) is 0 Å². The van der Waals surface area contributed by atoms with Crippen LogP contribution in [0, 0.1) is 0 Å². The molecule has 0 saturated carbocycles. The first-order chi connectivity index (χ1) is 6.36. The molecule has 0 spiro atoms. The molecule has 1 aliphatic heterocycles. The Hall–Kier alpha value is -1.22. The molecule has 0 bridgehead atoms. The Morgan fingerprint density at radius 1 is 1.21 bits per heavy atom. The van der Waals surface area contributed by atoms with Gasteiger partial charge in [0.25, 0.3) is 5.84 Å². The summed E-state index contributed by atoms with van der Waals surface area (Å²) < 4.78 is 0. The Bertz CT molecular complexity index is 319. The molecule has 0 aliphatic carbocycles. The molecule has 2 rings (SSSR count). The number of anilines is 1. The van der Waals surface area contributed by atoms with E-state index in [9.17, 15) is 0 Å². The molecular formula is C10H14ClN3. The molecule has 0 atom stereocenters. The Kier molecular flexibility index (Phi) is 3.77. The predicted octanol–water partition coefficient (Wildman–Crippen LogP) is -3.91. The fraction of sp³-hybridized carbons (Fsp3) is 0.300. The zero-order valence-corrected chi connectivity index (χ0v) is 8.64. The first kappa shape index (κ1) is 10.9. The molecule has 1 aliphatic rings. The van der Waals surface area contributed by atoms with Gasteiger partial charge in [-0.15, -0.1) is 0 Å². The summed E-state index contributed by atoms with van der Waals surface area (Å²) in [6.45, 7) is 2.10. The van der Waals surface area contributed by atoms with Gasteiger partial charge in [-0.3, -0.25) is 10.3 Å². The van der Waals surface area contributed by atoms with Crippen molar-refractivity contribution in [2.75, 3.05) is 18.8 Å². The molecule has 0 radical (unpaired) electrons. The van der Waals surface area contributed by atoms with Gasteiger partial charge < -0.3 is 18.1 Å². The van der Waals surface area contributed by atoms with Gasteiger partial charge in [-0.1, -0.05) is 0 Å². The number of halogens is 1. The first-order valence-corrected chi connectivity index (χ1v) is 4.57. The summed E-state index contributed by atoms with van der Waals surface area (Å²) in [5.74, 6) is 1.12. The number of nitrogens with one attached hydrogen (secondary N) is 2. The number of rotatable bonds is 1. The van der Waals surface area contributed by atoms with E-state index in [0.717, 1.165) is 24.6 Å². The molecular weight excluding hydrogens is 198 g/mol. The smallest absolute Gasteiger partial charge is 0.274 e. The largest absolute Gasteiger partial charge is 1.00 e. The highest BCUT2D eigenvalue weighted by atomic mass is 35.5. The lowest BCUT2D eigenvalue weighted by molar-refractivity contribution is -0.463. The molecule has 1 heterocycles. The van der Waals surface area contributed by atoms with Crippen molar-refractivity contribution < 1.29 is 17.4 Å². The zero-order chi connectivity index (χ0) is 9.10. The van der Waals surface area contributed by atoms with Gasteiger partial charge in [0, 0.05) is 12.1 Å². The second-order valence-electron chi connectivity index (χ2n) is 3.20. The highest BCUT2D eigenvalue weighted by Crippen LogP contribution is 2.04. The van der Waals surface area contributed by atoms with Crippen molar-refractivity contribution in [3.63, 3.8) is 0 Å². The lowest BCUT2D eigenvalue weighted by Crippen LogP contribution is -3.00. The maximum atomic E-state index is 5.61. The van der Waals surface area contributed by atoms with Crippen LogP contribution in [0.2, 0.25) is 0 Å². The van der Waals surface area contributed by atoms with Crippen molar-refractivity contribution >= 4 is 11.5 Å². The van der Waals surface area contributed by atoms with Crippen LogP contribution in [0.5, 0.6) is 0 Å². The van der Waals surface area contributed by atoms with Crippen LogP contribution in [0.15, 0.2) is 24.3 Å². The Labute approximate surface area is 89.8 Å². The third-order valence-corrected chi connectivity index (χ3v) is 2.16. The SMILES string of the molecule is Nc1ccc(C2=[NH+]CCCN2)cc1.[Cl-]. The van der Waals surface area contributed by atoms with E-state index in [0.29, 0.717) is 0 Å². The van der Waals surface area contributed by atoms with E-state index in [2.05, 4.69) is 10.3 Å². The van der Waals surface area contributed by atoms with Crippen molar-refractivity contribution in [3.05, 3.63) is 29.8 Å². The summed E-state index contributed by atoms with van der Waals surface area (Å²) in [5, 5.41) is 3.32.